The van der Waals surface area contributed by atoms with Crippen LogP contribution in [-0.2, 0) is 4.79 Å². The number of amides is 1. The first kappa shape index (κ1) is 28.8. The SMILES string of the molecule is CC(NCCCC[C@H](N)C(=O)NCCCNCCCCNCCCN)C12CC3CC(CC(C3)C1)C2. The maximum Gasteiger partial charge on any atom is 0.236 e. The average molecular weight is 493 g/mol. The van der Waals surface area contributed by atoms with Crippen molar-refractivity contribution in [3.05, 3.63) is 0 Å². The minimum atomic E-state index is -0.379. The quantitative estimate of drug-likeness (QED) is 0.145. The molecule has 0 spiro atoms. The fourth-order valence-electron chi connectivity index (χ4n) is 7.40. The molecule has 35 heavy (non-hydrogen) atoms. The van der Waals surface area contributed by atoms with Crippen LogP contribution in [0.25, 0.3) is 0 Å². The Balaban J connectivity index is 1.12. The van der Waals surface area contributed by atoms with Gasteiger partial charge in [-0.05, 0) is 146 Å². The standard InChI is InChI=1S/C28H56N6O/c1-22(28-19-23-16-24(20-28)18-25(17-23)21-28)33-14-3-2-8-26(30)27(35)34-15-7-13-32-11-5-4-10-31-12-6-9-29/h22-26,31-33H,2-21,29-30H2,1H3,(H,34,35)/t22?,23?,24?,25?,26-,28?/m0/s1. The van der Waals surface area contributed by atoms with Gasteiger partial charge in [-0.1, -0.05) is 6.42 Å². The molecule has 4 bridgehead atoms. The van der Waals surface area contributed by atoms with Crippen LogP contribution in [0.1, 0.15) is 90.4 Å². The zero-order valence-corrected chi connectivity index (χ0v) is 22.6. The second-order valence-electron chi connectivity index (χ2n) is 12.1. The van der Waals surface area contributed by atoms with E-state index in [0.717, 1.165) is 89.1 Å². The first-order chi connectivity index (χ1) is 17.0. The highest BCUT2D eigenvalue weighted by molar-refractivity contribution is 5.81. The van der Waals surface area contributed by atoms with Gasteiger partial charge in [0.1, 0.15) is 0 Å². The third-order valence-corrected chi connectivity index (χ3v) is 9.08. The summed E-state index contributed by atoms with van der Waals surface area (Å²) in [5.41, 5.74) is 12.2. The van der Waals surface area contributed by atoms with Crippen LogP contribution in [0.4, 0.5) is 0 Å². The van der Waals surface area contributed by atoms with E-state index in [1.807, 2.05) is 0 Å². The number of nitrogens with one attached hydrogen (secondary N) is 4. The molecule has 4 aliphatic carbocycles. The van der Waals surface area contributed by atoms with Gasteiger partial charge in [0.25, 0.3) is 0 Å². The molecule has 0 radical (unpaired) electrons. The monoisotopic (exact) mass is 492 g/mol. The van der Waals surface area contributed by atoms with E-state index in [1.54, 1.807) is 0 Å². The topological polar surface area (TPSA) is 117 Å². The van der Waals surface area contributed by atoms with E-state index >= 15 is 0 Å². The minimum absolute atomic E-state index is 0.00319. The lowest BCUT2D eigenvalue weighted by Crippen LogP contribution is -2.55. The minimum Gasteiger partial charge on any atom is -0.355 e. The number of hydrogen-bond donors (Lipinski definition) is 6. The molecule has 204 valence electrons. The second kappa shape index (κ2) is 15.5. The molecule has 1 unspecified atom stereocenters. The van der Waals surface area contributed by atoms with Gasteiger partial charge in [-0.2, -0.15) is 0 Å². The molecular formula is C28H56N6O. The summed E-state index contributed by atoms with van der Waals surface area (Å²) in [6, 6.07) is 0.245. The zero-order valence-electron chi connectivity index (χ0n) is 22.6. The molecule has 0 aromatic carbocycles. The summed E-state index contributed by atoms with van der Waals surface area (Å²) in [4.78, 5) is 12.3. The van der Waals surface area contributed by atoms with E-state index in [2.05, 4.69) is 28.2 Å². The Bertz CT molecular complexity index is 565. The summed E-state index contributed by atoms with van der Waals surface area (Å²) >= 11 is 0. The van der Waals surface area contributed by atoms with Crippen LogP contribution in [0, 0.1) is 23.2 Å². The molecular weight excluding hydrogens is 436 g/mol. The second-order valence-corrected chi connectivity index (χ2v) is 12.1. The Morgan fingerprint density at radius 1 is 0.800 bits per heavy atom. The normalized spacial score (nSPS) is 28.8. The summed E-state index contributed by atoms with van der Waals surface area (Å²) in [6.07, 6.45) is 16.1. The predicted octanol–water partition coefficient (Wildman–Crippen LogP) is 2.49. The van der Waals surface area contributed by atoms with Crippen molar-refractivity contribution in [2.75, 3.05) is 45.8 Å². The Morgan fingerprint density at radius 3 is 1.94 bits per heavy atom. The smallest absolute Gasteiger partial charge is 0.236 e. The van der Waals surface area contributed by atoms with Crippen molar-refractivity contribution in [1.82, 2.24) is 21.3 Å². The maximum absolute atomic E-state index is 12.3. The van der Waals surface area contributed by atoms with E-state index in [9.17, 15) is 4.79 Å². The summed E-state index contributed by atoms with van der Waals surface area (Å²) < 4.78 is 0. The number of nitrogens with two attached hydrogens (primary N) is 2. The lowest BCUT2D eigenvalue weighted by molar-refractivity contribution is -0.122. The highest BCUT2D eigenvalue weighted by atomic mass is 16.2. The van der Waals surface area contributed by atoms with Gasteiger partial charge >= 0.3 is 0 Å². The molecule has 0 heterocycles. The van der Waals surface area contributed by atoms with Gasteiger partial charge in [0.2, 0.25) is 5.91 Å². The van der Waals surface area contributed by atoms with E-state index in [4.69, 9.17) is 11.5 Å². The number of unbranched alkanes of at least 4 members (excludes halogenated alkanes) is 2. The highest BCUT2D eigenvalue weighted by Crippen LogP contribution is 2.61. The predicted molar refractivity (Wildman–Crippen MR) is 146 cm³/mol. The van der Waals surface area contributed by atoms with Crippen molar-refractivity contribution in [2.24, 2.45) is 34.6 Å². The van der Waals surface area contributed by atoms with Crippen LogP contribution < -0.4 is 32.7 Å². The molecule has 4 fully saturated rings. The van der Waals surface area contributed by atoms with Crippen LogP contribution in [0.5, 0.6) is 0 Å². The summed E-state index contributed by atoms with van der Waals surface area (Å²) in [6.45, 7) is 8.98. The molecule has 2 atom stereocenters. The zero-order chi connectivity index (χ0) is 24.9. The molecule has 0 saturated heterocycles. The van der Waals surface area contributed by atoms with Crippen LogP contribution in [0.15, 0.2) is 0 Å². The molecule has 7 heteroatoms. The molecule has 7 nitrogen and oxygen atoms in total. The van der Waals surface area contributed by atoms with Crippen LogP contribution in [-0.4, -0.2) is 63.8 Å². The van der Waals surface area contributed by atoms with E-state index in [1.165, 1.54) is 51.4 Å². The van der Waals surface area contributed by atoms with E-state index in [0.29, 0.717) is 18.0 Å². The Hall–Kier alpha value is -0.730. The Kier molecular flexibility index (Phi) is 12.8. The Labute approximate surface area is 215 Å². The van der Waals surface area contributed by atoms with Crippen molar-refractivity contribution >= 4 is 5.91 Å². The largest absolute Gasteiger partial charge is 0.355 e. The molecule has 0 aliphatic heterocycles. The summed E-state index contributed by atoms with van der Waals surface area (Å²) in [5, 5.41) is 13.7. The molecule has 4 aliphatic rings. The summed E-state index contributed by atoms with van der Waals surface area (Å²) in [7, 11) is 0. The van der Waals surface area contributed by atoms with Crippen molar-refractivity contribution in [2.45, 2.75) is 102 Å². The highest BCUT2D eigenvalue weighted by Gasteiger charge is 2.52. The van der Waals surface area contributed by atoms with Gasteiger partial charge in [-0.15, -0.1) is 0 Å². The third-order valence-electron chi connectivity index (χ3n) is 9.08. The molecule has 8 N–H and O–H groups in total. The van der Waals surface area contributed by atoms with Gasteiger partial charge in [0.15, 0.2) is 0 Å². The lowest BCUT2D eigenvalue weighted by Gasteiger charge is -2.59. The lowest BCUT2D eigenvalue weighted by atomic mass is 9.48. The van der Waals surface area contributed by atoms with E-state index in [-0.39, 0.29) is 11.9 Å². The third kappa shape index (κ3) is 9.58. The van der Waals surface area contributed by atoms with Gasteiger partial charge in [0, 0.05) is 12.6 Å². The van der Waals surface area contributed by atoms with Gasteiger partial charge in [-0.3, -0.25) is 4.79 Å². The number of carbonyl (C=O) groups is 1. The van der Waals surface area contributed by atoms with Crippen molar-refractivity contribution in [3.8, 4) is 0 Å². The molecule has 4 saturated carbocycles. The number of hydrogen-bond acceptors (Lipinski definition) is 6. The van der Waals surface area contributed by atoms with Crippen molar-refractivity contribution in [3.63, 3.8) is 0 Å². The van der Waals surface area contributed by atoms with Gasteiger partial charge < -0.3 is 32.7 Å². The molecule has 0 aromatic heterocycles. The number of carbonyl (C=O) groups excluding carboxylic acids is 1. The molecule has 4 rings (SSSR count). The van der Waals surface area contributed by atoms with Crippen LogP contribution in [0.3, 0.4) is 0 Å². The van der Waals surface area contributed by atoms with Crippen LogP contribution >= 0.6 is 0 Å². The van der Waals surface area contributed by atoms with Gasteiger partial charge in [0.05, 0.1) is 6.04 Å². The van der Waals surface area contributed by atoms with Crippen molar-refractivity contribution in [1.29, 1.82) is 0 Å². The average Bonchev–Trinajstić information content (AvgIpc) is 2.83. The van der Waals surface area contributed by atoms with Crippen LogP contribution in [0.2, 0.25) is 0 Å². The molecule has 1 amide bonds. The Morgan fingerprint density at radius 2 is 1.34 bits per heavy atom. The summed E-state index contributed by atoms with van der Waals surface area (Å²) in [5.74, 6) is 3.04. The fraction of sp³-hybridized carbons (Fsp3) is 0.964. The first-order valence-electron chi connectivity index (χ1n) is 14.9. The number of rotatable bonds is 20. The first-order valence-corrected chi connectivity index (χ1v) is 14.9. The van der Waals surface area contributed by atoms with E-state index < -0.39 is 0 Å². The van der Waals surface area contributed by atoms with Crippen molar-refractivity contribution < 1.29 is 4.79 Å². The molecule has 0 aromatic rings. The maximum atomic E-state index is 12.3. The van der Waals surface area contributed by atoms with Gasteiger partial charge in [-0.25, -0.2) is 0 Å². The fourth-order valence-corrected chi connectivity index (χ4v) is 7.40.